The predicted octanol–water partition coefficient (Wildman–Crippen LogP) is 3.34. The van der Waals surface area contributed by atoms with Gasteiger partial charge < -0.3 is 0 Å². The van der Waals surface area contributed by atoms with Gasteiger partial charge in [0.05, 0.1) is 0 Å². The average molecular weight is 164 g/mol. The molecule has 0 nitrogen and oxygen atoms in total. The predicted molar refractivity (Wildman–Crippen MR) is 50.6 cm³/mol. The molecule has 1 heteroatoms. The largest absolute Gasteiger partial charge is 0.207 e. The van der Waals surface area contributed by atoms with E-state index in [1.54, 1.807) is 12.1 Å². The van der Waals surface area contributed by atoms with Crippen molar-refractivity contribution in [2.24, 2.45) is 0 Å². The molecule has 64 valence electrons. The van der Waals surface area contributed by atoms with Crippen LogP contribution < -0.4 is 0 Å². The molecule has 0 saturated carbocycles. The first-order valence-corrected chi connectivity index (χ1v) is 4.11. The van der Waals surface area contributed by atoms with Crippen molar-refractivity contribution in [3.63, 3.8) is 0 Å². The second-order valence-electron chi connectivity index (χ2n) is 2.80. The van der Waals surface area contributed by atoms with Gasteiger partial charge in [0.15, 0.2) is 0 Å². The Labute approximate surface area is 72.7 Å². The van der Waals surface area contributed by atoms with Gasteiger partial charge in [-0.3, -0.25) is 0 Å². The van der Waals surface area contributed by atoms with Gasteiger partial charge in [0.2, 0.25) is 0 Å². The van der Waals surface area contributed by atoms with Crippen molar-refractivity contribution < 1.29 is 4.39 Å². The highest BCUT2D eigenvalue weighted by Crippen LogP contribution is 2.18. The van der Waals surface area contributed by atoms with Crippen LogP contribution >= 0.6 is 0 Å². The van der Waals surface area contributed by atoms with E-state index in [1.807, 2.05) is 13.8 Å². The summed E-state index contributed by atoms with van der Waals surface area (Å²) in [5.74, 6) is -0.111. The molecular formula is C11H13F. The Balaban J connectivity index is 3.33. The van der Waals surface area contributed by atoms with Crippen LogP contribution in [-0.2, 0) is 6.42 Å². The number of halogens is 1. The molecule has 0 radical (unpaired) electrons. The Bertz CT molecular complexity index is 300. The van der Waals surface area contributed by atoms with Crippen molar-refractivity contribution in [3.8, 4) is 0 Å². The molecule has 0 aromatic heterocycles. The van der Waals surface area contributed by atoms with Gasteiger partial charge in [0.25, 0.3) is 0 Å². The Kier molecular flexibility index (Phi) is 2.64. The van der Waals surface area contributed by atoms with Gasteiger partial charge in [0.1, 0.15) is 5.82 Å². The smallest absolute Gasteiger partial charge is 0.126 e. The number of hydrogen-bond acceptors (Lipinski definition) is 0. The molecule has 1 rings (SSSR count). The lowest BCUT2D eigenvalue weighted by molar-refractivity contribution is 0.610. The monoisotopic (exact) mass is 164 g/mol. The summed E-state index contributed by atoms with van der Waals surface area (Å²) in [5, 5.41) is 0. The zero-order valence-electron chi connectivity index (χ0n) is 7.52. The quantitative estimate of drug-likeness (QED) is 0.629. The van der Waals surface area contributed by atoms with Gasteiger partial charge in [-0.15, -0.1) is 0 Å². The fourth-order valence-electron chi connectivity index (χ4n) is 1.40. The summed E-state index contributed by atoms with van der Waals surface area (Å²) in [6.45, 7) is 7.56. The van der Waals surface area contributed by atoms with Crippen molar-refractivity contribution in [1.29, 1.82) is 0 Å². The van der Waals surface area contributed by atoms with E-state index in [2.05, 4.69) is 6.58 Å². The second-order valence-corrected chi connectivity index (χ2v) is 2.80. The Hall–Kier alpha value is -1.11. The number of benzene rings is 1. The summed E-state index contributed by atoms with van der Waals surface area (Å²) in [6, 6.07) is 3.26. The van der Waals surface area contributed by atoms with Crippen molar-refractivity contribution in [2.75, 3.05) is 0 Å². The minimum absolute atomic E-state index is 0.111. The number of hydrogen-bond donors (Lipinski definition) is 0. The third-order valence-corrected chi connectivity index (χ3v) is 2.16. The maximum absolute atomic E-state index is 13.1. The average Bonchev–Trinajstić information content (AvgIpc) is 2.06. The lowest BCUT2D eigenvalue weighted by Crippen LogP contribution is -1.94. The van der Waals surface area contributed by atoms with E-state index in [9.17, 15) is 4.39 Å². The first-order chi connectivity index (χ1) is 5.70. The molecule has 0 saturated heterocycles. The Morgan fingerprint density at radius 3 is 2.67 bits per heavy atom. The zero-order chi connectivity index (χ0) is 9.14. The topological polar surface area (TPSA) is 0 Å². The molecule has 0 aliphatic rings. The van der Waals surface area contributed by atoms with Crippen LogP contribution in [0.25, 0.3) is 6.08 Å². The standard InChI is InChI=1S/C11H13F/c1-4-9-6-7-11(12)10(5-2)8(9)3/h4,6-7H,1,5H2,2-3H3. The zero-order valence-corrected chi connectivity index (χ0v) is 7.52. The maximum atomic E-state index is 13.1. The SMILES string of the molecule is C=Cc1ccc(F)c(CC)c1C. The van der Waals surface area contributed by atoms with Crippen LogP contribution in [0.2, 0.25) is 0 Å². The molecule has 0 spiro atoms. The highest BCUT2D eigenvalue weighted by atomic mass is 19.1. The summed E-state index contributed by atoms with van der Waals surface area (Å²) in [6.07, 6.45) is 2.49. The van der Waals surface area contributed by atoms with Gasteiger partial charge in [-0.25, -0.2) is 4.39 Å². The van der Waals surface area contributed by atoms with Gasteiger partial charge in [-0.1, -0.05) is 25.6 Å². The molecule has 0 amide bonds. The highest BCUT2D eigenvalue weighted by Gasteiger charge is 2.05. The molecule has 1 aromatic carbocycles. The first-order valence-electron chi connectivity index (χ1n) is 4.11. The Morgan fingerprint density at radius 1 is 1.50 bits per heavy atom. The second kappa shape index (κ2) is 3.53. The molecule has 12 heavy (non-hydrogen) atoms. The van der Waals surface area contributed by atoms with E-state index in [-0.39, 0.29) is 5.82 Å². The van der Waals surface area contributed by atoms with E-state index >= 15 is 0 Å². The molecule has 0 bridgehead atoms. The van der Waals surface area contributed by atoms with E-state index in [4.69, 9.17) is 0 Å². The third kappa shape index (κ3) is 1.40. The number of rotatable bonds is 2. The van der Waals surface area contributed by atoms with Gasteiger partial charge in [-0.2, -0.15) is 0 Å². The fourth-order valence-corrected chi connectivity index (χ4v) is 1.40. The minimum Gasteiger partial charge on any atom is -0.207 e. The summed E-state index contributed by atoms with van der Waals surface area (Å²) < 4.78 is 13.1. The molecule has 0 fully saturated rings. The first kappa shape index (κ1) is 8.98. The molecule has 0 heterocycles. The van der Waals surface area contributed by atoms with Gasteiger partial charge in [0, 0.05) is 0 Å². The van der Waals surface area contributed by atoms with E-state index < -0.39 is 0 Å². The summed E-state index contributed by atoms with van der Waals surface area (Å²) in [5.41, 5.74) is 2.83. The van der Waals surface area contributed by atoms with Crippen LogP contribution in [0, 0.1) is 12.7 Å². The van der Waals surface area contributed by atoms with Crippen LogP contribution in [-0.4, -0.2) is 0 Å². The fraction of sp³-hybridized carbons (Fsp3) is 0.273. The molecule has 0 aliphatic heterocycles. The van der Waals surface area contributed by atoms with Crippen molar-refractivity contribution in [3.05, 3.63) is 41.2 Å². The molecular weight excluding hydrogens is 151 g/mol. The van der Waals surface area contributed by atoms with Crippen molar-refractivity contribution in [1.82, 2.24) is 0 Å². The molecule has 0 aliphatic carbocycles. The lowest BCUT2D eigenvalue weighted by atomic mass is 10.00. The van der Waals surface area contributed by atoms with Crippen LogP contribution in [0.15, 0.2) is 18.7 Å². The van der Waals surface area contributed by atoms with Crippen molar-refractivity contribution in [2.45, 2.75) is 20.3 Å². The van der Waals surface area contributed by atoms with Crippen LogP contribution in [0.3, 0.4) is 0 Å². The summed E-state index contributed by atoms with van der Waals surface area (Å²) in [7, 11) is 0. The van der Waals surface area contributed by atoms with Crippen LogP contribution in [0.5, 0.6) is 0 Å². The minimum atomic E-state index is -0.111. The van der Waals surface area contributed by atoms with Crippen molar-refractivity contribution >= 4 is 6.08 Å². The highest BCUT2D eigenvalue weighted by molar-refractivity contribution is 5.54. The summed E-state index contributed by atoms with van der Waals surface area (Å²) >= 11 is 0. The maximum Gasteiger partial charge on any atom is 0.126 e. The van der Waals surface area contributed by atoms with Gasteiger partial charge in [-0.05, 0) is 36.1 Å². The van der Waals surface area contributed by atoms with Gasteiger partial charge >= 0.3 is 0 Å². The normalized spacial score (nSPS) is 9.92. The van der Waals surface area contributed by atoms with E-state index in [0.717, 1.165) is 23.1 Å². The molecule has 0 N–H and O–H groups in total. The third-order valence-electron chi connectivity index (χ3n) is 2.16. The Morgan fingerprint density at radius 2 is 2.17 bits per heavy atom. The molecule has 1 aromatic rings. The summed E-state index contributed by atoms with van der Waals surface area (Å²) in [4.78, 5) is 0. The van der Waals surface area contributed by atoms with E-state index in [0.29, 0.717) is 0 Å². The van der Waals surface area contributed by atoms with Crippen LogP contribution in [0.4, 0.5) is 4.39 Å². The molecule has 0 unspecified atom stereocenters. The van der Waals surface area contributed by atoms with E-state index in [1.165, 1.54) is 6.07 Å². The van der Waals surface area contributed by atoms with Crippen LogP contribution in [0.1, 0.15) is 23.6 Å². The molecule has 0 atom stereocenters. The lowest BCUT2D eigenvalue weighted by Gasteiger charge is -2.07.